The summed E-state index contributed by atoms with van der Waals surface area (Å²) in [7, 11) is 0. The first-order valence-corrected chi connectivity index (χ1v) is 9.19. The smallest absolute Gasteiger partial charge is 0.278 e. The highest BCUT2D eigenvalue weighted by Crippen LogP contribution is 2.12. The van der Waals surface area contributed by atoms with Crippen LogP contribution in [0.3, 0.4) is 0 Å². The van der Waals surface area contributed by atoms with Gasteiger partial charge in [-0.3, -0.25) is 9.59 Å². The van der Waals surface area contributed by atoms with Gasteiger partial charge in [0.05, 0.1) is 12.0 Å². The number of carboxylic acid groups (broad SMARTS) is 1. The molecule has 0 aromatic carbocycles. The highest BCUT2D eigenvalue weighted by molar-refractivity contribution is 5.91. The first-order chi connectivity index (χ1) is 11.5. The minimum atomic E-state index is -1.31. The first kappa shape index (κ1) is 23.4. The average Bonchev–Trinajstić information content (AvgIpc) is 2.54. The van der Waals surface area contributed by atoms with Gasteiger partial charge in [-0.05, 0) is 17.8 Å². The van der Waals surface area contributed by atoms with Crippen molar-refractivity contribution in [2.75, 3.05) is 0 Å². The third kappa shape index (κ3) is 7.86. The van der Waals surface area contributed by atoms with Gasteiger partial charge >= 0.3 is 0 Å². The molecule has 25 heavy (non-hydrogen) atoms. The van der Waals surface area contributed by atoms with Gasteiger partial charge in [-0.15, -0.1) is 0 Å². The van der Waals surface area contributed by atoms with Crippen molar-refractivity contribution in [3.05, 3.63) is 0 Å². The molecule has 5 unspecified atom stereocenters. The molecule has 146 valence electrons. The monoisotopic (exact) mass is 357 g/mol. The quantitative estimate of drug-likeness (QED) is 0.459. The fourth-order valence-corrected chi connectivity index (χ4v) is 2.56. The average molecular weight is 357 g/mol. The number of quaternary nitrogens is 1. The Bertz CT molecular complexity index is 454. The summed E-state index contributed by atoms with van der Waals surface area (Å²) in [5.74, 6) is -2.17. The minimum Gasteiger partial charge on any atom is -0.548 e. The Kier molecular flexibility index (Phi) is 10.4. The summed E-state index contributed by atoms with van der Waals surface area (Å²) in [4.78, 5) is 36.3. The third-order valence-corrected chi connectivity index (χ3v) is 4.68. The molecule has 0 spiro atoms. The highest BCUT2D eigenvalue weighted by Gasteiger charge is 2.31. The van der Waals surface area contributed by atoms with Crippen molar-refractivity contribution < 1.29 is 25.2 Å². The molecule has 7 heteroatoms. The summed E-state index contributed by atoms with van der Waals surface area (Å²) < 4.78 is 0. The number of aliphatic carboxylic acids is 1. The molecule has 0 aromatic rings. The van der Waals surface area contributed by atoms with Gasteiger partial charge in [-0.2, -0.15) is 0 Å². The number of carboxylic acids is 1. The Morgan fingerprint density at radius 2 is 1.32 bits per heavy atom. The second kappa shape index (κ2) is 11.1. The lowest BCUT2D eigenvalue weighted by Gasteiger charge is -2.30. The molecule has 0 aliphatic carbocycles. The molecular formula is C18H35N3O4. The number of hydrogen-bond acceptors (Lipinski definition) is 4. The topological polar surface area (TPSA) is 126 Å². The molecule has 5 N–H and O–H groups in total. The molecule has 0 aromatic heterocycles. The van der Waals surface area contributed by atoms with E-state index in [1.54, 1.807) is 6.92 Å². The molecular weight excluding hydrogens is 322 g/mol. The summed E-state index contributed by atoms with van der Waals surface area (Å²) in [5.41, 5.74) is 3.86. The lowest BCUT2D eigenvalue weighted by atomic mass is 9.95. The van der Waals surface area contributed by atoms with Crippen LogP contribution in [0.1, 0.15) is 60.8 Å². The molecule has 7 nitrogen and oxygen atoms in total. The van der Waals surface area contributed by atoms with Gasteiger partial charge in [-0.25, -0.2) is 0 Å². The molecule has 0 aliphatic rings. The van der Waals surface area contributed by atoms with Crippen molar-refractivity contribution in [2.24, 2.45) is 17.8 Å². The predicted octanol–water partition coefficient (Wildman–Crippen LogP) is -0.545. The van der Waals surface area contributed by atoms with Crippen LogP contribution >= 0.6 is 0 Å². The van der Waals surface area contributed by atoms with E-state index in [-0.39, 0.29) is 17.7 Å². The van der Waals surface area contributed by atoms with E-state index < -0.39 is 30.0 Å². The summed E-state index contributed by atoms with van der Waals surface area (Å²) in [5, 5.41) is 16.6. The van der Waals surface area contributed by atoms with Gasteiger partial charge < -0.3 is 26.3 Å². The van der Waals surface area contributed by atoms with E-state index >= 15 is 0 Å². The second-order valence-electron chi connectivity index (χ2n) is 7.39. The van der Waals surface area contributed by atoms with Crippen molar-refractivity contribution in [3.63, 3.8) is 0 Å². The maximum absolute atomic E-state index is 12.6. The van der Waals surface area contributed by atoms with E-state index in [1.165, 1.54) is 0 Å². The Balaban J connectivity index is 5.16. The number of carbonyl (C=O) groups excluding carboxylic acids is 3. The van der Waals surface area contributed by atoms with Gasteiger partial charge in [0, 0.05) is 6.42 Å². The maximum Gasteiger partial charge on any atom is 0.278 e. The van der Waals surface area contributed by atoms with E-state index in [9.17, 15) is 19.5 Å². The summed E-state index contributed by atoms with van der Waals surface area (Å²) in [6.07, 6.45) is 1.88. The van der Waals surface area contributed by atoms with E-state index in [1.807, 2.05) is 34.6 Å². The zero-order valence-electron chi connectivity index (χ0n) is 16.4. The molecule has 0 bridgehead atoms. The molecule has 0 saturated heterocycles. The highest BCUT2D eigenvalue weighted by atomic mass is 16.4. The second-order valence-corrected chi connectivity index (χ2v) is 7.39. The number of carbonyl (C=O) groups is 3. The summed E-state index contributed by atoms with van der Waals surface area (Å²) in [6, 6.07) is -2.32. The van der Waals surface area contributed by atoms with Crippen LogP contribution in [-0.4, -0.2) is 35.9 Å². The van der Waals surface area contributed by atoms with Crippen LogP contribution in [0.15, 0.2) is 0 Å². The molecule has 0 radical (unpaired) electrons. The zero-order valence-corrected chi connectivity index (χ0v) is 16.4. The molecule has 0 aliphatic heterocycles. The van der Waals surface area contributed by atoms with Crippen molar-refractivity contribution in [1.82, 2.24) is 10.6 Å². The predicted molar refractivity (Wildman–Crippen MR) is 93.9 cm³/mol. The Morgan fingerprint density at radius 1 is 0.880 bits per heavy atom. The van der Waals surface area contributed by atoms with E-state index in [4.69, 9.17) is 0 Å². The molecule has 2 amide bonds. The van der Waals surface area contributed by atoms with Gasteiger partial charge in [0.25, 0.3) is 5.91 Å². The Morgan fingerprint density at radius 3 is 1.72 bits per heavy atom. The normalized spacial score (nSPS) is 17.3. The van der Waals surface area contributed by atoms with Crippen LogP contribution < -0.4 is 21.5 Å². The first-order valence-electron chi connectivity index (χ1n) is 9.19. The SMILES string of the molecule is CCC(C)C(NC(=O)C(NC(=O)C([NH3+])CC(C)C)C(C)CC)C(=O)[O-]. The fourth-order valence-electron chi connectivity index (χ4n) is 2.56. The zero-order chi connectivity index (χ0) is 19.7. The number of nitrogens with one attached hydrogen (secondary N) is 2. The third-order valence-electron chi connectivity index (χ3n) is 4.68. The fraction of sp³-hybridized carbons (Fsp3) is 0.833. The Hall–Kier alpha value is -1.63. The van der Waals surface area contributed by atoms with Crippen molar-refractivity contribution in [2.45, 2.75) is 78.9 Å². The summed E-state index contributed by atoms with van der Waals surface area (Å²) >= 11 is 0. The van der Waals surface area contributed by atoms with Crippen molar-refractivity contribution in [1.29, 1.82) is 0 Å². The van der Waals surface area contributed by atoms with Crippen LogP contribution in [0.4, 0.5) is 0 Å². The van der Waals surface area contributed by atoms with Crippen LogP contribution in [0.2, 0.25) is 0 Å². The van der Waals surface area contributed by atoms with Crippen LogP contribution in [0.25, 0.3) is 0 Å². The molecule has 0 fully saturated rings. The number of amides is 2. The molecule has 0 saturated carbocycles. The van der Waals surface area contributed by atoms with E-state index in [0.29, 0.717) is 25.2 Å². The van der Waals surface area contributed by atoms with Gasteiger partial charge in [0.15, 0.2) is 6.04 Å². The lowest BCUT2D eigenvalue weighted by Crippen LogP contribution is -2.70. The largest absolute Gasteiger partial charge is 0.548 e. The van der Waals surface area contributed by atoms with Crippen molar-refractivity contribution >= 4 is 17.8 Å². The number of hydrogen-bond donors (Lipinski definition) is 3. The minimum absolute atomic E-state index is 0.130. The van der Waals surface area contributed by atoms with Gasteiger partial charge in [-0.1, -0.05) is 54.4 Å². The van der Waals surface area contributed by atoms with Crippen LogP contribution in [-0.2, 0) is 14.4 Å². The Labute approximate surface area is 151 Å². The molecule has 5 atom stereocenters. The maximum atomic E-state index is 12.6. The van der Waals surface area contributed by atoms with Gasteiger partial charge in [0.2, 0.25) is 5.91 Å². The molecule has 0 rings (SSSR count). The van der Waals surface area contributed by atoms with Crippen molar-refractivity contribution in [3.8, 4) is 0 Å². The standard InChI is InChI=1S/C18H35N3O4/c1-7-11(5)14(20-16(22)13(19)9-10(3)4)17(23)21-15(18(24)25)12(6)8-2/h10-15H,7-9,19H2,1-6H3,(H,20,22)(H,21,23)(H,24,25). The molecule has 0 heterocycles. The summed E-state index contributed by atoms with van der Waals surface area (Å²) in [6.45, 7) is 11.4. The van der Waals surface area contributed by atoms with Crippen LogP contribution in [0, 0.1) is 17.8 Å². The number of rotatable bonds is 11. The van der Waals surface area contributed by atoms with Gasteiger partial charge in [0.1, 0.15) is 6.04 Å². The van der Waals surface area contributed by atoms with E-state index in [0.717, 1.165) is 0 Å². The van der Waals surface area contributed by atoms with E-state index in [2.05, 4.69) is 16.4 Å². The lowest BCUT2D eigenvalue weighted by molar-refractivity contribution is -0.406. The van der Waals surface area contributed by atoms with Crippen LogP contribution in [0.5, 0.6) is 0 Å².